The number of hydrogen-bond donors (Lipinski definition) is 1. The van der Waals surface area contributed by atoms with Crippen LogP contribution in [0.15, 0.2) is 78.9 Å². The summed E-state index contributed by atoms with van der Waals surface area (Å²) in [6.45, 7) is 7.95. The Kier molecular flexibility index (Phi) is 5.78. The largest absolute Gasteiger partial charge is 0.494 e. The lowest BCUT2D eigenvalue weighted by Gasteiger charge is -2.32. The number of aromatic nitrogens is 1. The van der Waals surface area contributed by atoms with Crippen LogP contribution in [0.25, 0.3) is 22.2 Å². The molecule has 4 aromatic rings. The van der Waals surface area contributed by atoms with E-state index in [-0.39, 0.29) is 11.5 Å². The zero-order valence-corrected chi connectivity index (χ0v) is 20.4. The molecule has 1 N–H and O–H groups in total. The SMILES string of the molecule is CC1(C)OB(c2cccc(-c3[nH]c4ccccc4c3C(C[N+](=O)[O-])c3ccccc3)c2)OC1(C)C. The average Bonchev–Trinajstić information content (AvgIpc) is 3.31. The summed E-state index contributed by atoms with van der Waals surface area (Å²) < 4.78 is 12.6. The van der Waals surface area contributed by atoms with Crippen LogP contribution in [0.4, 0.5) is 0 Å². The number of hydrogen-bond acceptors (Lipinski definition) is 4. The van der Waals surface area contributed by atoms with Crippen molar-refractivity contribution in [2.75, 3.05) is 6.54 Å². The van der Waals surface area contributed by atoms with Crippen LogP contribution in [0.5, 0.6) is 0 Å². The van der Waals surface area contributed by atoms with E-state index in [1.165, 1.54) is 0 Å². The Labute approximate surface area is 205 Å². The third-order valence-electron chi connectivity index (χ3n) is 7.33. The van der Waals surface area contributed by atoms with Crippen LogP contribution in [0.3, 0.4) is 0 Å². The van der Waals surface area contributed by atoms with Gasteiger partial charge in [-0.1, -0.05) is 72.8 Å². The second-order valence-electron chi connectivity index (χ2n) is 10.2. The Balaban J connectivity index is 1.65. The third kappa shape index (κ3) is 4.26. The molecule has 2 heterocycles. The van der Waals surface area contributed by atoms with E-state index in [9.17, 15) is 10.1 Å². The zero-order valence-electron chi connectivity index (χ0n) is 20.4. The van der Waals surface area contributed by atoms with Crippen molar-refractivity contribution in [2.24, 2.45) is 0 Å². The highest BCUT2D eigenvalue weighted by Gasteiger charge is 2.51. The van der Waals surface area contributed by atoms with Crippen LogP contribution in [-0.2, 0) is 9.31 Å². The zero-order chi connectivity index (χ0) is 24.8. The maximum Gasteiger partial charge on any atom is 0.494 e. The number of nitro groups is 1. The molecule has 0 bridgehead atoms. The Bertz CT molecular complexity index is 1360. The standard InChI is InChI=1S/C28H29BN2O4/c1-27(2)28(3,4)35-29(34-27)21-14-10-13-20(17-21)26-25(22-15-8-9-16-24(22)30-26)23(18-31(32)33)19-11-6-5-7-12-19/h5-17,23,30H,18H2,1-4H3. The van der Waals surface area contributed by atoms with E-state index >= 15 is 0 Å². The summed E-state index contributed by atoms with van der Waals surface area (Å²) in [5.74, 6) is -0.405. The van der Waals surface area contributed by atoms with Gasteiger partial charge in [-0.15, -0.1) is 0 Å². The molecule has 178 valence electrons. The minimum absolute atomic E-state index is 0.199. The number of benzene rings is 3. The molecule has 6 nitrogen and oxygen atoms in total. The van der Waals surface area contributed by atoms with Crippen molar-refractivity contribution >= 4 is 23.5 Å². The first kappa shape index (κ1) is 23.3. The fourth-order valence-electron chi connectivity index (χ4n) is 4.77. The van der Waals surface area contributed by atoms with Gasteiger partial charge in [0.15, 0.2) is 0 Å². The van der Waals surface area contributed by atoms with Crippen LogP contribution in [-0.4, -0.2) is 34.8 Å². The Morgan fingerprint density at radius 3 is 2.26 bits per heavy atom. The maximum absolute atomic E-state index is 11.8. The van der Waals surface area contributed by atoms with E-state index in [0.717, 1.165) is 38.8 Å². The summed E-state index contributed by atoms with van der Waals surface area (Å²) in [6.07, 6.45) is 0. The molecule has 7 heteroatoms. The van der Waals surface area contributed by atoms with Gasteiger partial charge in [0.25, 0.3) is 0 Å². The number of H-pyrrole nitrogens is 1. The summed E-state index contributed by atoms with van der Waals surface area (Å²) in [5.41, 5.74) is 4.63. The summed E-state index contributed by atoms with van der Waals surface area (Å²) in [5, 5.41) is 12.8. The van der Waals surface area contributed by atoms with Crippen LogP contribution >= 0.6 is 0 Å². The van der Waals surface area contributed by atoms with Crippen molar-refractivity contribution in [1.29, 1.82) is 0 Å². The Morgan fingerprint density at radius 2 is 1.57 bits per heavy atom. The number of nitrogens with one attached hydrogen (secondary N) is 1. The molecule has 1 fully saturated rings. The fourth-order valence-corrected chi connectivity index (χ4v) is 4.77. The van der Waals surface area contributed by atoms with Crippen LogP contribution in [0.2, 0.25) is 0 Å². The van der Waals surface area contributed by atoms with Gasteiger partial charge in [0.05, 0.1) is 22.8 Å². The highest BCUT2D eigenvalue weighted by molar-refractivity contribution is 6.62. The number of fused-ring (bicyclic) bond motifs is 1. The van der Waals surface area contributed by atoms with E-state index in [1.807, 2.05) is 100 Å². The molecule has 0 saturated carbocycles. The second kappa shape index (κ2) is 8.66. The van der Waals surface area contributed by atoms with Gasteiger partial charge in [0.1, 0.15) is 0 Å². The molecule has 1 aliphatic heterocycles. The first-order valence-electron chi connectivity index (χ1n) is 11.9. The molecule has 1 saturated heterocycles. The second-order valence-corrected chi connectivity index (χ2v) is 10.2. The summed E-state index contributed by atoms with van der Waals surface area (Å²) in [6, 6.07) is 25.7. The van der Waals surface area contributed by atoms with E-state index in [4.69, 9.17) is 9.31 Å². The number of para-hydroxylation sites is 1. The lowest BCUT2D eigenvalue weighted by molar-refractivity contribution is -0.481. The predicted octanol–water partition coefficient (Wildman–Crippen LogP) is 5.54. The van der Waals surface area contributed by atoms with Gasteiger partial charge >= 0.3 is 7.12 Å². The molecular weight excluding hydrogens is 439 g/mol. The monoisotopic (exact) mass is 468 g/mol. The van der Waals surface area contributed by atoms with E-state index in [0.29, 0.717) is 0 Å². The first-order valence-corrected chi connectivity index (χ1v) is 11.9. The minimum atomic E-state index is -0.489. The van der Waals surface area contributed by atoms with Crippen LogP contribution in [0, 0.1) is 10.1 Å². The van der Waals surface area contributed by atoms with Crippen molar-refractivity contribution in [3.05, 3.63) is 100 Å². The quantitative estimate of drug-likeness (QED) is 0.229. The molecule has 1 aromatic heterocycles. The average molecular weight is 468 g/mol. The molecule has 0 spiro atoms. The van der Waals surface area contributed by atoms with Gasteiger partial charge < -0.3 is 14.3 Å². The summed E-state index contributed by atoms with van der Waals surface area (Å²) >= 11 is 0. The lowest BCUT2D eigenvalue weighted by Crippen LogP contribution is -2.41. The maximum atomic E-state index is 11.8. The lowest BCUT2D eigenvalue weighted by atomic mass is 9.77. The topological polar surface area (TPSA) is 77.4 Å². The molecule has 0 amide bonds. The first-order chi connectivity index (χ1) is 16.7. The van der Waals surface area contributed by atoms with Gasteiger partial charge in [-0.3, -0.25) is 10.1 Å². The van der Waals surface area contributed by atoms with Gasteiger partial charge in [0.2, 0.25) is 6.54 Å². The van der Waals surface area contributed by atoms with Crippen molar-refractivity contribution in [2.45, 2.75) is 44.8 Å². The van der Waals surface area contributed by atoms with Crippen LogP contribution < -0.4 is 5.46 Å². The molecule has 0 aliphatic carbocycles. The number of rotatable bonds is 6. The Hall–Kier alpha value is -3.42. The van der Waals surface area contributed by atoms with Crippen molar-refractivity contribution in [1.82, 2.24) is 4.98 Å². The highest BCUT2D eigenvalue weighted by atomic mass is 16.7. The van der Waals surface area contributed by atoms with Crippen molar-refractivity contribution < 1.29 is 14.2 Å². The number of aromatic amines is 1. The summed E-state index contributed by atoms with van der Waals surface area (Å²) in [7, 11) is -0.489. The molecular formula is C28H29BN2O4. The Morgan fingerprint density at radius 1 is 0.914 bits per heavy atom. The molecule has 3 aromatic carbocycles. The van der Waals surface area contributed by atoms with Gasteiger partial charge in [-0.25, -0.2) is 0 Å². The predicted molar refractivity (Wildman–Crippen MR) is 140 cm³/mol. The van der Waals surface area contributed by atoms with Crippen molar-refractivity contribution in [3.63, 3.8) is 0 Å². The minimum Gasteiger partial charge on any atom is -0.399 e. The smallest absolute Gasteiger partial charge is 0.399 e. The van der Waals surface area contributed by atoms with E-state index in [1.54, 1.807) is 0 Å². The molecule has 5 rings (SSSR count). The third-order valence-corrected chi connectivity index (χ3v) is 7.33. The molecule has 1 atom stereocenters. The number of nitrogens with zero attached hydrogens (tertiary/aromatic N) is 1. The molecule has 1 aliphatic rings. The van der Waals surface area contributed by atoms with E-state index in [2.05, 4.69) is 11.1 Å². The fraction of sp³-hybridized carbons (Fsp3) is 0.286. The van der Waals surface area contributed by atoms with E-state index < -0.39 is 24.2 Å². The van der Waals surface area contributed by atoms with Crippen LogP contribution in [0.1, 0.15) is 44.7 Å². The normalized spacial score (nSPS) is 17.5. The molecule has 1 unspecified atom stereocenters. The highest BCUT2D eigenvalue weighted by Crippen LogP contribution is 2.40. The van der Waals surface area contributed by atoms with Crippen molar-refractivity contribution in [3.8, 4) is 11.3 Å². The van der Waals surface area contributed by atoms with Gasteiger partial charge in [-0.2, -0.15) is 0 Å². The molecule has 0 radical (unpaired) electrons. The molecule has 35 heavy (non-hydrogen) atoms. The van der Waals surface area contributed by atoms with Gasteiger partial charge in [0, 0.05) is 15.8 Å². The van der Waals surface area contributed by atoms with Gasteiger partial charge in [-0.05, 0) is 55.9 Å². The summed E-state index contributed by atoms with van der Waals surface area (Å²) in [4.78, 5) is 15.1.